The Morgan fingerprint density at radius 3 is 2.91 bits per heavy atom. The number of anilines is 1. The minimum atomic E-state index is -0.599. The van der Waals surface area contributed by atoms with Gasteiger partial charge in [-0.15, -0.1) is 21.5 Å². The van der Waals surface area contributed by atoms with Gasteiger partial charge in [0.2, 0.25) is 0 Å². The molecule has 4 heterocycles. The SMILES string of the molecule is Cc1nnc(-c2ccc(C(=O)N(c3nccc4scc(Cl)c34)[C@@H]3CCCNC3)c(F)c2)s1. The third kappa shape index (κ3) is 3.90. The van der Waals surface area contributed by atoms with E-state index in [2.05, 4.69) is 20.5 Å². The van der Waals surface area contributed by atoms with Crippen molar-refractivity contribution >= 4 is 56.1 Å². The summed E-state index contributed by atoms with van der Waals surface area (Å²) in [6.45, 7) is 3.34. The lowest BCUT2D eigenvalue weighted by Crippen LogP contribution is -2.49. The number of nitrogens with zero attached hydrogens (tertiary/aromatic N) is 4. The topological polar surface area (TPSA) is 71.0 Å². The molecule has 4 aromatic rings. The number of halogens is 2. The van der Waals surface area contributed by atoms with E-state index in [1.165, 1.54) is 34.8 Å². The second-order valence-corrected chi connectivity index (χ2v) is 10.1. The Balaban J connectivity index is 1.59. The van der Waals surface area contributed by atoms with Gasteiger partial charge in [0.25, 0.3) is 5.91 Å². The minimum absolute atomic E-state index is 0.00860. The summed E-state index contributed by atoms with van der Waals surface area (Å²) in [4.78, 5) is 19.9. The molecule has 0 radical (unpaired) electrons. The van der Waals surface area contributed by atoms with Crippen molar-refractivity contribution in [1.29, 1.82) is 0 Å². The van der Waals surface area contributed by atoms with Crippen LogP contribution in [0.2, 0.25) is 5.02 Å². The fourth-order valence-corrected chi connectivity index (χ4v) is 5.84. The number of carbonyl (C=O) groups excluding carboxylic acids is 1. The zero-order chi connectivity index (χ0) is 22.2. The van der Waals surface area contributed by atoms with E-state index in [9.17, 15) is 4.79 Å². The zero-order valence-electron chi connectivity index (χ0n) is 17.1. The molecule has 1 saturated heterocycles. The first-order valence-corrected chi connectivity index (χ1v) is 12.3. The van der Waals surface area contributed by atoms with Gasteiger partial charge in [-0.3, -0.25) is 9.69 Å². The van der Waals surface area contributed by atoms with Gasteiger partial charge in [0.05, 0.1) is 22.0 Å². The molecule has 10 heteroatoms. The number of pyridine rings is 1. The fraction of sp³-hybridized carbons (Fsp3) is 0.273. The summed E-state index contributed by atoms with van der Waals surface area (Å²) in [6, 6.07) is 6.28. The number of amides is 1. The fourth-order valence-electron chi connectivity index (χ4n) is 3.97. The molecule has 1 aliphatic heterocycles. The highest BCUT2D eigenvalue weighted by atomic mass is 35.5. The molecule has 0 unspecified atom stereocenters. The van der Waals surface area contributed by atoms with Crippen molar-refractivity contribution in [2.75, 3.05) is 18.0 Å². The number of piperidine rings is 1. The van der Waals surface area contributed by atoms with Crippen LogP contribution in [0.4, 0.5) is 10.2 Å². The van der Waals surface area contributed by atoms with Crippen molar-refractivity contribution in [3.8, 4) is 10.6 Å². The molecule has 5 rings (SSSR count). The number of fused-ring (bicyclic) bond motifs is 1. The monoisotopic (exact) mass is 487 g/mol. The van der Waals surface area contributed by atoms with Crippen molar-refractivity contribution in [3.05, 3.63) is 57.3 Å². The van der Waals surface area contributed by atoms with Crippen LogP contribution in [-0.2, 0) is 0 Å². The van der Waals surface area contributed by atoms with E-state index in [0.717, 1.165) is 34.5 Å². The van der Waals surface area contributed by atoms with Gasteiger partial charge >= 0.3 is 0 Å². The Labute approximate surface area is 197 Å². The summed E-state index contributed by atoms with van der Waals surface area (Å²) < 4.78 is 16.2. The van der Waals surface area contributed by atoms with Crippen LogP contribution in [0.15, 0.2) is 35.8 Å². The summed E-state index contributed by atoms with van der Waals surface area (Å²) >= 11 is 9.34. The lowest BCUT2D eigenvalue weighted by molar-refractivity contribution is 0.0968. The third-order valence-electron chi connectivity index (χ3n) is 5.48. The van der Waals surface area contributed by atoms with Crippen LogP contribution in [0.3, 0.4) is 0 Å². The molecular formula is C22H19ClFN5OS2. The maximum Gasteiger partial charge on any atom is 0.262 e. The highest BCUT2D eigenvalue weighted by Gasteiger charge is 2.32. The van der Waals surface area contributed by atoms with Crippen LogP contribution < -0.4 is 10.2 Å². The minimum Gasteiger partial charge on any atom is -0.315 e. The molecule has 1 atom stereocenters. The van der Waals surface area contributed by atoms with E-state index in [0.29, 0.717) is 28.0 Å². The smallest absolute Gasteiger partial charge is 0.262 e. The molecule has 0 bridgehead atoms. The van der Waals surface area contributed by atoms with Gasteiger partial charge in [-0.1, -0.05) is 29.0 Å². The highest BCUT2D eigenvalue weighted by Crippen LogP contribution is 2.38. The number of carbonyl (C=O) groups is 1. The van der Waals surface area contributed by atoms with E-state index >= 15 is 4.39 Å². The number of hydrogen-bond donors (Lipinski definition) is 1. The molecule has 32 heavy (non-hydrogen) atoms. The molecule has 3 aromatic heterocycles. The van der Waals surface area contributed by atoms with Gasteiger partial charge in [-0.25, -0.2) is 9.37 Å². The Kier molecular flexibility index (Phi) is 5.90. The molecule has 1 amide bonds. The third-order valence-corrected chi connectivity index (χ3v) is 7.74. The van der Waals surface area contributed by atoms with Gasteiger partial charge < -0.3 is 5.32 Å². The number of benzene rings is 1. The van der Waals surface area contributed by atoms with Crippen LogP contribution >= 0.6 is 34.3 Å². The van der Waals surface area contributed by atoms with E-state index < -0.39 is 11.7 Å². The van der Waals surface area contributed by atoms with Gasteiger partial charge in [0.15, 0.2) is 0 Å². The summed E-state index contributed by atoms with van der Waals surface area (Å²) in [6.07, 6.45) is 3.38. The van der Waals surface area contributed by atoms with Crippen LogP contribution in [0, 0.1) is 12.7 Å². The number of nitrogens with one attached hydrogen (secondary N) is 1. The first-order chi connectivity index (χ1) is 15.5. The van der Waals surface area contributed by atoms with E-state index in [1.54, 1.807) is 17.2 Å². The number of rotatable bonds is 4. The molecule has 0 saturated carbocycles. The van der Waals surface area contributed by atoms with Crippen LogP contribution in [0.1, 0.15) is 28.2 Å². The first-order valence-electron chi connectivity index (χ1n) is 10.2. The van der Waals surface area contributed by atoms with Crippen LogP contribution in [0.5, 0.6) is 0 Å². The zero-order valence-corrected chi connectivity index (χ0v) is 19.5. The molecule has 164 valence electrons. The average Bonchev–Trinajstić information content (AvgIpc) is 3.41. The standard InChI is InChI=1S/C22H19ClFN5OS2/c1-12-27-28-21(32-12)13-4-5-15(17(24)9-13)22(30)29(14-3-2-7-25-10-14)20-19-16(23)11-31-18(19)6-8-26-20/h4-6,8-9,11,14,25H,2-3,7,10H2,1H3/t14-/m1/s1. The van der Waals surface area contributed by atoms with Crippen molar-refractivity contribution in [3.63, 3.8) is 0 Å². The van der Waals surface area contributed by atoms with Gasteiger partial charge in [0.1, 0.15) is 21.7 Å². The maximum atomic E-state index is 15.2. The maximum absolute atomic E-state index is 15.2. The second-order valence-electron chi connectivity index (χ2n) is 7.59. The summed E-state index contributed by atoms with van der Waals surface area (Å²) in [5.41, 5.74) is 0.586. The first kappa shape index (κ1) is 21.4. The van der Waals surface area contributed by atoms with E-state index in [4.69, 9.17) is 11.6 Å². The second kappa shape index (κ2) is 8.82. The normalized spacial score (nSPS) is 16.4. The van der Waals surface area contributed by atoms with Gasteiger partial charge in [-0.2, -0.15) is 0 Å². The predicted octanol–water partition coefficient (Wildman–Crippen LogP) is 5.31. The molecule has 1 fully saturated rings. The summed E-state index contributed by atoms with van der Waals surface area (Å²) in [7, 11) is 0. The Bertz CT molecular complexity index is 1300. The summed E-state index contributed by atoms with van der Waals surface area (Å²) in [5, 5.41) is 15.9. The summed E-state index contributed by atoms with van der Waals surface area (Å²) in [5.74, 6) is -0.563. The lowest BCUT2D eigenvalue weighted by Gasteiger charge is -2.34. The van der Waals surface area contributed by atoms with E-state index in [1.807, 2.05) is 18.4 Å². The molecule has 1 aromatic carbocycles. The molecule has 0 spiro atoms. The molecule has 0 aliphatic carbocycles. The van der Waals surface area contributed by atoms with E-state index in [-0.39, 0.29) is 11.6 Å². The number of hydrogen-bond acceptors (Lipinski definition) is 7. The number of aryl methyl sites for hydroxylation is 1. The van der Waals surface area contributed by atoms with Crippen molar-refractivity contribution in [2.24, 2.45) is 0 Å². The largest absolute Gasteiger partial charge is 0.315 e. The highest BCUT2D eigenvalue weighted by molar-refractivity contribution is 7.18. The predicted molar refractivity (Wildman–Crippen MR) is 127 cm³/mol. The van der Waals surface area contributed by atoms with Crippen molar-refractivity contribution in [2.45, 2.75) is 25.8 Å². The van der Waals surface area contributed by atoms with Crippen molar-refractivity contribution in [1.82, 2.24) is 20.5 Å². The molecule has 6 nitrogen and oxygen atoms in total. The Morgan fingerprint density at radius 1 is 1.31 bits per heavy atom. The molecular weight excluding hydrogens is 469 g/mol. The Hall–Kier alpha value is -2.46. The van der Waals surface area contributed by atoms with Crippen LogP contribution in [-0.4, -0.2) is 40.2 Å². The van der Waals surface area contributed by atoms with Crippen LogP contribution in [0.25, 0.3) is 20.7 Å². The lowest BCUT2D eigenvalue weighted by atomic mass is 10.0. The quantitative estimate of drug-likeness (QED) is 0.422. The number of thiophene rings is 1. The van der Waals surface area contributed by atoms with Gasteiger partial charge in [-0.05, 0) is 44.5 Å². The Morgan fingerprint density at radius 2 is 2.19 bits per heavy atom. The number of aromatic nitrogens is 3. The average molecular weight is 488 g/mol. The van der Waals surface area contributed by atoms with Crippen molar-refractivity contribution < 1.29 is 9.18 Å². The van der Waals surface area contributed by atoms with Gasteiger partial charge in [0, 0.05) is 28.4 Å². The molecule has 1 N–H and O–H groups in total. The molecule has 1 aliphatic rings.